The molecule has 0 heterocycles. The third-order valence-electron chi connectivity index (χ3n) is 5.36. The van der Waals surface area contributed by atoms with Crippen molar-refractivity contribution in [3.05, 3.63) is 59.7 Å². The van der Waals surface area contributed by atoms with Crippen molar-refractivity contribution in [3.8, 4) is 11.5 Å². The standard InChI is InChI=1S/C21H23F6NO2/c1-3-6-16(13-28(20(22,23)24)21(25,26)27)19(2,14-7-4-9-17(29)11-14)15-8-5-10-18(30)12-15/h4-5,7-12,16,29-30H,3,6,13H2,1-2H3. The van der Waals surface area contributed by atoms with Crippen molar-refractivity contribution in [1.82, 2.24) is 4.90 Å². The Morgan fingerprint density at radius 2 is 1.27 bits per heavy atom. The van der Waals surface area contributed by atoms with E-state index in [0.717, 1.165) is 0 Å². The Morgan fingerprint density at radius 1 is 0.833 bits per heavy atom. The molecule has 0 spiro atoms. The summed E-state index contributed by atoms with van der Waals surface area (Å²) in [7, 11) is 0. The zero-order valence-corrected chi connectivity index (χ0v) is 16.4. The number of phenolic OH excluding ortho intramolecular Hbond substituents is 2. The molecule has 0 aliphatic heterocycles. The first-order valence-electron chi connectivity index (χ1n) is 9.30. The van der Waals surface area contributed by atoms with Gasteiger partial charge in [-0.1, -0.05) is 44.5 Å². The van der Waals surface area contributed by atoms with Crippen molar-refractivity contribution in [1.29, 1.82) is 0 Å². The Kier molecular flexibility index (Phi) is 6.96. The lowest BCUT2D eigenvalue weighted by atomic mass is 9.65. The highest BCUT2D eigenvalue weighted by Gasteiger charge is 2.55. The van der Waals surface area contributed by atoms with Crippen molar-refractivity contribution in [2.24, 2.45) is 5.92 Å². The second kappa shape index (κ2) is 8.75. The van der Waals surface area contributed by atoms with E-state index in [1.54, 1.807) is 6.92 Å². The summed E-state index contributed by atoms with van der Waals surface area (Å²) in [5.74, 6) is -1.48. The van der Waals surface area contributed by atoms with Crippen molar-refractivity contribution < 1.29 is 36.6 Å². The topological polar surface area (TPSA) is 43.7 Å². The smallest absolute Gasteiger partial charge is 0.467 e. The monoisotopic (exact) mass is 435 g/mol. The van der Waals surface area contributed by atoms with E-state index in [4.69, 9.17) is 0 Å². The number of halogens is 6. The van der Waals surface area contributed by atoms with Gasteiger partial charge in [-0.15, -0.1) is 4.90 Å². The Bertz CT molecular complexity index is 790. The van der Waals surface area contributed by atoms with Crippen LogP contribution in [0.1, 0.15) is 37.8 Å². The van der Waals surface area contributed by atoms with Crippen LogP contribution >= 0.6 is 0 Å². The Labute approximate surface area is 170 Å². The second-order valence-electron chi connectivity index (χ2n) is 7.33. The van der Waals surface area contributed by atoms with Gasteiger partial charge in [-0.3, -0.25) is 0 Å². The van der Waals surface area contributed by atoms with Gasteiger partial charge in [0.2, 0.25) is 0 Å². The maximum absolute atomic E-state index is 13.3. The van der Waals surface area contributed by atoms with Crippen LogP contribution in [0.15, 0.2) is 48.5 Å². The average Bonchev–Trinajstić information content (AvgIpc) is 2.62. The first-order chi connectivity index (χ1) is 13.8. The minimum Gasteiger partial charge on any atom is -0.508 e. The van der Waals surface area contributed by atoms with Crippen LogP contribution in [0.5, 0.6) is 11.5 Å². The lowest BCUT2D eigenvalue weighted by molar-refractivity contribution is -0.376. The second-order valence-corrected chi connectivity index (χ2v) is 7.33. The van der Waals surface area contributed by atoms with E-state index in [9.17, 15) is 36.6 Å². The summed E-state index contributed by atoms with van der Waals surface area (Å²) >= 11 is 0. The van der Waals surface area contributed by atoms with Gasteiger partial charge >= 0.3 is 12.6 Å². The van der Waals surface area contributed by atoms with Crippen molar-refractivity contribution in [3.63, 3.8) is 0 Å². The van der Waals surface area contributed by atoms with Crippen molar-refractivity contribution >= 4 is 0 Å². The van der Waals surface area contributed by atoms with Crippen LogP contribution in [0.4, 0.5) is 26.3 Å². The molecule has 166 valence electrons. The number of hydrogen-bond donors (Lipinski definition) is 2. The van der Waals surface area contributed by atoms with Gasteiger partial charge in [-0.2, -0.15) is 26.3 Å². The van der Waals surface area contributed by atoms with Crippen molar-refractivity contribution in [2.45, 2.75) is 44.7 Å². The molecule has 0 aliphatic rings. The molecule has 2 aromatic carbocycles. The molecule has 1 atom stereocenters. The van der Waals surface area contributed by atoms with Gasteiger partial charge in [0.25, 0.3) is 0 Å². The molecule has 9 heteroatoms. The van der Waals surface area contributed by atoms with Gasteiger partial charge in [0, 0.05) is 12.0 Å². The molecular formula is C21H23F6NO2. The summed E-state index contributed by atoms with van der Waals surface area (Å²) in [6, 6.07) is 11.4. The third kappa shape index (κ3) is 5.19. The maximum atomic E-state index is 13.3. The van der Waals surface area contributed by atoms with E-state index in [2.05, 4.69) is 0 Å². The third-order valence-corrected chi connectivity index (χ3v) is 5.36. The van der Waals surface area contributed by atoms with Crippen molar-refractivity contribution in [2.75, 3.05) is 6.54 Å². The molecule has 2 rings (SSSR count). The van der Waals surface area contributed by atoms with Gasteiger partial charge in [0.15, 0.2) is 0 Å². The Morgan fingerprint density at radius 3 is 1.60 bits per heavy atom. The first-order valence-corrected chi connectivity index (χ1v) is 9.30. The lowest BCUT2D eigenvalue weighted by Crippen LogP contribution is -2.53. The number of hydrogen-bond acceptors (Lipinski definition) is 3. The maximum Gasteiger partial charge on any atom is 0.467 e. The summed E-state index contributed by atoms with van der Waals surface area (Å²) < 4.78 is 79.6. The van der Waals surface area contributed by atoms with Crippen LogP contribution < -0.4 is 0 Å². The molecule has 3 nitrogen and oxygen atoms in total. The quantitative estimate of drug-likeness (QED) is 0.404. The summed E-state index contributed by atoms with van der Waals surface area (Å²) in [5.41, 5.74) is -0.672. The Balaban J connectivity index is 2.69. The van der Waals surface area contributed by atoms with Gasteiger partial charge in [0.05, 0.1) is 0 Å². The molecule has 0 aliphatic carbocycles. The van der Waals surface area contributed by atoms with Crippen LogP contribution in [-0.4, -0.2) is 34.3 Å². The summed E-state index contributed by atoms with van der Waals surface area (Å²) in [6.07, 6.45) is -10.8. The molecule has 0 bridgehead atoms. The minimum absolute atomic E-state index is 0.0461. The first kappa shape index (κ1) is 23.9. The van der Waals surface area contributed by atoms with E-state index in [-0.39, 0.29) is 17.9 Å². The molecular weight excluding hydrogens is 412 g/mol. The van der Waals surface area contributed by atoms with Crippen LogP contribution in [-0.2, 0) is 5.41 Å². The van der Waals surface area contributed by atoms with Gasteiger partial charge in [-0.05, 0) is 47.7 Å². The van der Waals surface area contributed by atoms with Crippen LogP contribution in [0.2, 0.25) is 0 Å². The molecule has 0 saturated heterocycles. The number of phenols is 2. The largest absolute Gasteiger partial charge is 0.508 e. The SMILES string of the molecule is CCCC(CN(C(F)(F)F)C(F)(F)F)C(C)(c1cccc(O)c1)c1cccc(O)c1. The fourth-order valence-corrected chi connectivity index (χ4v) is 3.78. The van der Waals surface area contributed by atoms with E-state index in [0.29, 0.717) is 17.5 Å². The van der Waals surface area contributed by atoms with E-state index >= 15 is 0 Å². The van der Waals surface area contributed by atoms with E-state index < -0.39 is 35.4 Å². The highest BCUT2D eigenvalue weighted by Crippen LogP contribution is 2.45. The zero-order valence-electron chi connectivity index (χ0n) is 16.4. The normalized spacial score (nSPS) is 14.2. The number of rotatable bonds is 7. The molecule has 0 amide bonds. The average molecular weight is 435 g/mol. The fraction of sp³-hybridized carbons (Fsp3) is 0.429. The minimum atomic E-state index is -5.61. The predicted molar refractivity (Wildman–Crippen MR) is 99.9 cm³/mol. The molecule has 0 aromatic heterocycles. The van der Waals surface area contributed by atoms with Gasteiger partial charge in [0.1, 0.15) is 11.5 Å². The Hall–Kier alpha value is -2.42. The molecule has 0 saturated carbocycles. The lowest BCUT2D eigenvalue weighted by Gasteiger charge is -2.42. The molecule has 0 radical (unpaired) electrons. The fourth-order valence-electron chi connectivity index (χ4n) is 3.78. The number of benzene rings is 2. The zero-order chi connectivity index (χ0) is 22.7. The molecule has 1 unspecified atom stereocenters. The van der Waals surface area contributed by atoms with Gasteiger partial charge in [-0.25, -0.2) is 0 Å². The van der Waals surface area contributed by atoms with E-state index in [1.807, 2.05) is 0 Å². The molecule has 2 N–H and O–H groups in total. The molecule has 30 heavy (non-hydrogen) atoms. The summed E-state index contributed by atoms with van der Waals surface area (Å²) in [6.45, 7) is 1.87. The number of alkyl halides is 6. The van der Waals surface area contributed by atoms with Gasteiger partial charge < -0.3 is 10.2 Å². The highest BCUT2D eigenvalue weighted by molar-refractivity contribution is 5.44. The van der Waals surface area contributed by atoms with Crippen LogP contribution in [0.25, 0.3) is 0 Å². The summed E-state index contributed by atoms with van der Waals surface area (Å²) in [5, 5.41) is 19.8. The molecule has 0 fully saturated rings. The predicted octanol–water partition coefficient (Wildman–Crippen LogP) is 6.16. The summed E-state index contributed by atoms with van der Waals surface area (Å²) in [4.78, 5) is -1.41. The van der Waals surface area contributed by atoms with E-state index in [1.165, 1.54) is 55.5 Å². The number of nitrogens with zero attached hydrogens (tertiary/aromatic N) is 1. The molecule has 2 aromatic rings. The van der Waals surface area contributed by atoms with Crippen LogP contribution in [0, 0.1) is 5.92 Å². The highest BCUT2D eigenvalue weighted by atomic mass is 19.4. The van der Waals surface area contributed by atoms with Crippen LogP contribution in [0.3, 0.4) is 0 Å². The number of aromatic hydroxyl groups is 2.